The van der Waals surface area contributed by atoms with E-state index in [1.165, 1.54) is 31.2 Å². The molecule has 0 aliphatic heterocycles. The molecule has 1 N–H and O–H groups in total. The Morgan fingerprint density at radius 2 is 1.93 bits per heavy atom. The third-order valence-corrected chi connectivity index (χ3v) is 3.80. The molecule has 0 radical (unpaired) electrons. The van der Waals surface area contributed by atoms with E-state index in [-0.39, 0.29) is 0 Å². The van der Waals surface area contributed by atoms with Crippen LogP contribution in [0.2, 0.25) is 0 Å². The number of hydrogen-bond donors (Lipinski definition) is 1. The van der Waals surface area contributed by atoms with Gasteiger partial charge < -0.3 is 5.11 Å². The van der Waals surface area contributed by atoms with Crippen LogP contribution in [0.1, 0.15) is 42.7 Å². The summed E-state index contributed by atoms with van der Waals surface area (Å²) in [4.78, 5) is 0. The number of benzene rings is 1. The van der Waals surface area contributed by atoms with E-state index in [0.717, 1.165) is 10.0 Å². The third kappa shape index (κ3) is 1.81. The van der Waals surface area contributed by atoms with Crippen LogP contribution in [-0.2, 0) is 0 Å². The van der Waals surface area contributed by atoms with E-state index in [0.29, 0.717) is 11.7 Å². The van der Waals surface area contributed by atoms with Crippen molar-refractivity contribution >= 4 is 15.9 Å². The molecule has 0 saturated heterocycles. The highest BCUT2D eigenvalue weighted by Crippen LogP contribution is 2.39. The summed E-state index contributed by atoms with van der Waals surface area (Å²) in [6.45, 7) is 1.93. The normalized spacial score (nSPS) is 17.6. The average Bonchev–Trinajstić information content (AvgIpc) is 2.64. The van der Waals surface area contributed by atoms with E-state index in [4.69, 9.17) is 0 Å². The molecule has 14 heavy (non-hydrogen) atoms. The zero-order valence-corrected chi connectivity index (χ0v) is 9.97. The van der Waals surface area contributed by atoms with Crippen molar-refractivity contribution in [3.05, 3.63) is 27.7 Å². The average molecular weight is 255 g/mol. The van der Waals surface area contributed by atoms with Gasteiger partial charge in [-0.3, -0.25) is 0 Å². The van der Waals surface area contributed by atoms with Gasteiger partial charge in [-0.05, 0) is 48.9 Å². The molecule has 1 nitrogen and oxygen atoms in total. The Balaban J connectivity index is 2.37. The van der Waals surface area contributed by atoms with Crippen molar-refractivity contribution in [2.75, 3.05) is 0 Å². The standard InChI is InChI=1S/C12H15BrO/c1-8-6-11(13)10(7-12(8)14)9-4-2-3-5-9/h6-7,9,14H,2-5H2,1H3. The molecule has 1 fully saturated rings. The summed E-state index contributed by atoms with van der Waals surface area (Å²) in [5.41, 5.74) is 2.23. The summed E-state index contributed by atoms with van der Waals surface area (Å²) in [5, 5.41) is 9.66. The van der Waals surface area contributed by atoms with Crippen molar-refractivity contribution in [2.24, 2.45) is 0 Å². The predicted octanol–water partition coefficient (Wildman–Crippen LogP) is 4.12. The van der Waals surface area contributed by atoms with Gasteiger partial charge in [0.25, 0.3) is 0 Å². The number of aryl methyl sites for hydroxylation is 1. The fourth-order valence-corrected chi connectivity index (χ4v) is 3.01. The van der Waals surface area contributed by atoms with Gasteiger partial charge >= 0.3 is 0 Å². The molecule has 0 spiro atoms. The van der Waals surface area contributed by atoms with Gasteiger partial charge in [0.05, 0.1) is 0 Å². The molecule has 0 aromatic heterocycles. The molecule has 1 aromatic rings. The fourth-order valence-electron chi connectivity index (χ4n) is 2.23. The predicted molar refractivity (Wildman–Crippen MR) is 61.8 cm³/mol. The molecule has 0 unspecified atom stereocenters. The first-order valence-corrected chi connectivity index (χ1v) is 5.97. The minimum absolute atomic E-state index is 0.426. The van der Waals surface area contributed by atoms with E-state index in [2.05, 4.69) is 15.9 Å². The summed E-state index contributed by atoms with van der Waals surface area (Å²) >= 11 is 3.58. The minimum Gasteiger partial charge on any atom is -0.508 e. The van der Waals surface area contributed by atoms with E-state index in [1.807, 2.05) is 19.1 Å². The number of hydrogen-bond acceptors (Lipinski definition) is 1. The van der Waals surface area contributed by atoms with Crippen LogP contribution >= 0.6 is 15.9 Å². The highest BCUT2D eigenvalue weighted by atomic mass is 79.9. The van der Waals surface area contributed by atoms with Crippen LogP contribution in [0.15, 0.2) is 16.6 Å². The van der Waals surface area contributed by atoms with Gasteiger partial charge in [-0.25, -0.2) is 0 Å². The SMILES string of the molecule is Cc1cc(Br)c(C2CCCC2)cc1O. The zero-order chi connectivity index (χ0) is 10.1. The van der Waals surface area contributed by atoms with Crippen LogP contribution in [0, 0.1) is 6.92 Å². The molecule has 0 amide bonds. The molecule has 0 bridgehead atoms. The lowest BCUT2D eigenvalue weighted by molar-refractivity contribution is 0.469. The summed E-state index contributed by atoms with van der Waals surface area (Å²) < 4.78 is 1.15. The second-order valence-electron chi connectivity index (χ2n) is 4.14. The quantitative estimate of drug-likeness (QED) is 0.800. The fraction of sp³-hybridized carbons (Fsp3) is 0.500. The lowest BCUT2D eigenvalue weighted by atomic mass is 9.96. The Kier molecular flexibility index (Phi) is 2.82. The van der Waals surface area contributed by atoms with Gasteiger partial charge in [-0.1, -0.05) is 28.8 Å². The molecule has 1 aromatic carbocycles. The molecule has 2 heteroatoms. The van der Waals surface area contributed by atoms with Gasteiger partial charge in [-0.2, -0.15) is 0 Å². The molecule has 2 rings (SSSR count). The smallest absolute Gasteiger partial charge is 0.118 e. The van der Waals surface area contributed by atoms with Crippen LogP contribution in [0.3, 0.4) is 0 Å². The van der Waals surface area contributed by atoms with Crippen molar-refractivity contribution in [3.8, 4) is 5.75 Å². The lowest BCUT2D eigenvalue weighted by Gasteiger charge is -2.13. The summed E-state index contributed by atoms with van der Waals surface area (Å²) in [6.07, 6.45) is 5.18. The van der Waals surface area contributed by atoms with E-state index < -0.39 is 0 Å². The van der Waals surface area contributed by atoms with Crippen LogP contribution < -0.4 is 0 Å². The van der Waals surface area contributed by atoms with Crippen molar-refractivity contribution in [2.45, 2.75) is 38.5 Å². The first-order chi connectivity index (χ1) is 6.68. The van der Waals surface area contributed by atoms with Crippen molar-refractivity contribution in [3.63, 3.8) is 0 Å². The zero-order valence-electron chi connectivity index (χ0n) is 8.39. The Hall–Kier alpha value is -0.500. The molecule has 1 aliphatic rings. The molecule has 1 saturated carbocycles. The molecule has 0 heterocycles. The number of aromatic hydroxyl groups is 1. The monoisotopic (exact) mass is 254 g/mol. The maximum atomic E-state index is 9.66. The third-order valence-electron chi connectivity index (χ3n) is 3.11. The highest BCUT2D eigenvalue weighted by molar-refractivity contribution is 9.10. The number of phenolic OH excluding ortho intramolecular Hbond substituents is 1. The highest BCUT2D eigenvalue weighted by Gasteiger charge is 2.20. The maximum Gasteiger partial charge on any atom is 0.118 e. The van der Waals surface area contributed by atoms with E-state index in [9.17, 15) is 5.11 Å². The first kappa shape index (κ1) is 10.0. The van der Waals surface area contributed by atoms with Gasteiger partial charge in [0.15, 0.2) is 0 Å². The van der Waals surface area contributed by atoms with Gasteiger partial charge in [0, 0.05) is 4.47 Å². The summed E-state index contributed by atoms with van der Waals surface area (Å²) in [6, 6.07) is 3.94. The maximum absolute atomic E-state index is 9.66. The Morgan fingerprint density at radius 3 is 2.57 bits per heavy atom. The second-order valence-corrected chi connectivity index (χ2v) is 5.00. The molecule has 76 valence electrons. The van der Waals surface area contributed by atoms with Crippen molar-refractivity contribution in [1.29, 1.82) is 0 Å². The minimum atomic E-state index is 0.426. The Bertz CT molecular complexity index is 340. The van der Waals surface area contributed by atoms with Crippen LogP contribution in [0.5, 0.6) is 5.75 Å². The van der Waals surface area contributed by atoms with Gasteiger partial charge in [0.1, 0.15) is 5.75 Å². The van der Waals surface area contributed by atoms with Crippen LogP contribution in [0.4, 0.5) is 0 Å². The van der Waals surface area contributed by atoms with Crippen molar-refractivity contribution < 1.29 is 5.11 Å². The van der Waals surface area contributed by atoms with E-state index in [1.54, 1.807) is 0 Å². The first-order valence-electron chi connectivity index (χ1n) is 5.17. The Morgan fingerprint density at radius 1 is 1.29 bits per heavy atom. The van der Waals surface area contributed by atoms with Crippen LogP contribution in [0.25, 0.3) is 0 Å². The van der Waals surface area contributed by atoms with Gasteiger partial charge in [-0.15, -0.1) is 0 Å². The van der Waals surface area contributed by atoms with Gasteiger partial charge in [0.2, 0.25) is 0 Å². The Labute approximate surface area is 93.3 Å². The number of rotatable bonds is 1. The molecule has 0 atom stereocenters. The number of phenols is 1. The largest absolute Gasteiger partial charge is 0.508 e. The molecule has 1 aliphatic carbocycles. The topological polar surface area (TPSA) is 20.2 Å². The van der Waals surface area contributed by atoms with E-state index >= 15 is 0 Å². The summed E-state index contributed by atoms with van der Waals surface area (Å²) in [7, 11) is 0. The lowest BCUT2D eigenvalue weighted by Crippen LogP contribution is -1.94. The molecular weight excluding hydrogens is 240 g/mol. The van der Waals surface area contributed by atoms with Crippen LogP contribution in [-0.4, -0.2) is 5.11 Å². The second kappa shape index (κ2) is 3.93. The number of halogens is 1. The van der Waals surface area contributed by atoms with Crippen molar-refractivity contribution in [1.82, 2.24) is 0 Å². The molecular formula is C12H15BrO. The summed E-state index contributed by atoms with van der Waals surface area (Å²) in [5.74, 6) is 1.07.